The van der Waals surface area contributed by atoms with Crippen molar-refractivity contribution >= 4 is 11.9 Å². The molecule has 0 saturated heterocycles. The van der Waals surface area contributed by atoms with Gasteiger partial charge in [0.1, 0.15) is 5.54 Å². The molecule has 80 valence electrons. The molecule has 0 radical (unpaired) electrons. The first-order valence-corrected chi connectivity index (χ1v) is 5.04. The van der Waals surface area contributed by atoms with Gasteiger partial charge in [-0.05, 0) is 19.3 Å². The van der Waals surface area contributed by atoms with Gasteiger partial charge in [-0.1, -0.05) is 13.3 Å². The van der Waals surface area contributed by atoms with Crippen molar-refractivity contribution in [1.29, 1.82) is 0 Å². The molecule has 0 spiro atoms. The van der Waals surface area contributed by atoms with E-state index in [1.54, 1.807) is 0 Å². The van der Waals surface area contributed by atoms with Crippen molar-refractivity contribution in [3.63, 3.8) is 0 Å². The predicted octanol–water partition coefficient (Wildman–Crippen LogP) is 1.63. The van der Waals surface area contributed by atoms with Crippen molar-refractivity contribution < 1.29 is 14.3 Å². The first-order valence-electron chi connectivity index (χ1n) is 5.04. The highest BCUT2D eigenvalue weighted by atomic mass is 16.5. The Morgan fingerprint density at radius 1 is 1.43 bits per heavy atom. The van der Waals surface area contributed by atoms with Crippen molar-refractivity contribution in [3.8, 4) is 0 Å². The molecule has 0 atom stereocenters. The molecule has 0 aromatic carbocycles. The standard InChI is InChI=1S/C10H17NO3/c1-3-4-5-8(12)10(6-7-10)11-9(13)14-2/h3-7H2,1-2H3,(H,11,13). The Labute approximate surface area is 84.0 Å². The quantitative estimate of drug-likeness (QED) is 0.732. The number of Topliss-reactive ketones (excluding diaryl/α,β-unsaturated/α-hetero) is 1. The van der Waals surface area contributed by atoms with Crippen molar-refractivity contribution in [3.05, 3.63) is 0 Å². The van der Waals surface area contributed by atoms with Gasteiger partial charge in [0.05, 0.1) is 7.11 Å². The second kappa shape index (κ2) is 4.44. The van der Waals surface area contributed by atoms with Gasteiger partial charge < -0.3 is 10.1 Å². The maximum absolute atomic E-state index is 11.7. The lowest BCUT2D eigenvalue weighted by Crippen LogP contribution is -2.43. The predicted molar refractivity (Wildman–Crippen MR) is 52.0 cm³/mol. The van der Waals surface area contributed by atoms with Crippen LogP contribution in [0.25, 0.3) is 0 Å². The lowest BCUT2D eigenvalue weighted by Gasteiger charge is -2.14. The lowest BCUT2D eigenvalue weighted by atomic mass is 10.1. The fraction of sp³-hybridized carbons (Fsp3) is 0.800. The van der Waals surface area contributed by atoms with Crippen LogP contribution in [0.5, 0.6) is 0 Å². The summed E-state index contributed by atoms with van der Waals surface area (Å²) >= 11 is 0. The average molecular weight is 199 g/mol. The highest BCUT2D eigenvalue weighted by Crippen LogP contribution is 2.37. The third-order valence-electron chi connectivity index (χ3n) is 2.57. The molecule has 4 heteroatoms. The van der Waals surface area contributed by atoms with Gasteiger partial charge in [0.25, 0.3) is 0 Å². The highest BCUT2D eigenvalue weighted by molar-refractivity contribution is 5.94. The van der Waals surface area contributed by atoms with E-state index in [-0.39, 0.29) is 5.78 Å². The maximum atomic E-state index is 11.7. The van der Waals surface area contributed by atoms with Gasteiger partial charge in [0, 0.05) is 6.42 Å². The largest absolute Gasteiger partial charge is 0.453 e. The summed E-state index contributed by atoms with van der Waals surface area (Å²) in [4.78, 5) is 22.6. The molecular formula is C10H17NO3. The number of nitrogens with one attached hydrogen (secondary N) is 1. The molecule has 1 fully saturated rings. The Morgan fingerprint density at radius 3 is 2.50 bits per heavy atom. The number of hydrogen-bond acceptors (Lipinski definition) is 3. The van der Waals surface area contributed by atoms with Crippen LogP contribution in [0.3, 0.4) is 0 Å². The van der Waals surface area contributed by atoms with E-state index in [0.29, 0.717) is 6.42 Å². The van der Waals surface area contributed by atoms with E-state index >= 15 is 0 Å². The summed E-state index contributed by atoms with van der Waals surface area (Å²) in [5.41, 5.74) is -0.581. The van der Waals surface area contributed by atoms with Crippen LogP contribution < -0.4 is 5.32 Å². The fourth-order valence-electron chi connectivity index (χ4n) is 1.42. The summed E-state index contributed by atoms with van der Waals surface area (Å²) in [5.74, 6) is 0.143. The summed E-state index contributed by atoms with van der Waals surface area (Å²) in [6.07, 6.45) is 3.45. The zero-order chi connectivity index (χ0) is 10.6. The van der Waals surface area contributed by atoms with Crippen LogP contribution in [-0.2, 0) is 9.53 Å². The number of methoxy groups -OCH3 is 1. The zero-order valence-electron chi connectivity index (χ0n) is 8.76. The maximum Gasteiger partial charge on any atom is 0.407 e. The number of unbranched alkanes of at least 4 members (excludes halogenated alkanes) is 1. The van der Waals surface area contributed by atoms with Crippen molar-refractivity contribution in [1.82, 2.24) is 5.32 Å². The smallest absolute Gasteiger partial charge is 0.407 e. The molecule has 0 bridgehead atoms. The molecule has 0 aromatic heterocycles. The molecular weight excluding hydrogens is 182 g/mol. The van der Waals surface area contributed by atoms with E-state index in [4.69, 9.17) is 0 Å². The highest BCUT2D eigenvalue weighted by Gasteiger charge is 2.50. The van der Waals surface area contributed by atoms with E-state index in [0.717, 1.165) is 25.7 Å². The average Bonchev–Trinajstić information content (AvgIpc) is 2.95. The normalized spacial score (nSPS) is 17.3. The fourth-order valence-corrected chi connectivity index (χ4v) is 1.42. The molecule has 0 aromatic rings. The molecule has 1 saturated carbocycles. The molecule has 14 heavy (non-hydrogen) atoms. The minimum absolute atomic E-state index is 0.143. The Morgan fingerprint density at radius 2 is 2.07 bits per heavy atom. The number of hydrogen-bond donors (Lipinski definition) is 1. The second-order valence-corrected chi connectivity index (χ2v) is 3.73. The number of alkyl carbamates (subject to hydrolysis) is 1. The van der Waals surface area contributed by atoms with Crippen LogP contribution in [0.4, 0.5) is 4.79 Å². The summed E-state index contributed by atoms with van der Waals surface area (Å²) in [6, 6.07) is 0. The number of ether oxygens (including phenoxy) is 1. The van der Waals surface area contributed by atoms with Crippen LogP contribution in [0.15, 0.2) is 0 Å². The molecule has 4 nitrogen and oxygen atoms in total. The first-order chi connectivity index (χ1) is 6.64. The van der Waals surface area contributed by atoms with Gasteiger partial charge in [0.15, 0.2) is 5.78 Å². The number of ketones is 1. The van der Waals surface area contributed by atoms with Crippen LogP contribution in [-0.4, -0.2) is 24.5 Å². The summed E-state index contributed by atoms with van der Waals surface area (Å²) in [7, 11) is 1.31. The van der Waals surface area contributed by atoms with E-state index in [1.165, 1.54) is 7.11 Å². The van der Waals surface area contributed by atoms with Crippen LogP contribution >= 0.6 is 0 Å². The van der Waals surface area contributed by atoms with Gasteiger partial charge in [-0.3, -0.25) is 4.79 Å². The number of carbonyl (C=O) groups is 2. The van der Waals surface area contributed by atoms with Crippen molar-refractivity contribution in [2.24, 2.45) is 0 Å². The van der Waals surface area contributed by atoms with Gasteiger partial charge in [-0.15, -0.1) is 0 Å². The summed E-state index contributed by atoms with van der Waals surface area (Å²) in [6.45, 7) is 2.04. The molecule has 1 N–H and O–H groups in total. The van der Waals surface area contributed by atoms with Gasteiger partial charge in [-0.2, -0.15) is 0 Å². The second-order valence-electron chi connectivity index (χ2n) is 3.73. The minimum atomic E-state index is -0.581. The van der Waals surface area contributed by atoms with Crippen LogP contribution in [0, 0.1) is 0 Å². The molecule has 1 rings (SSSR count). The molecule has 0 aliphatic heterocycles. The van der Waals surface area contributed by atoms with E-state index in [2.05, 4.69) is 10.1 Å². The lowest BCUT2D eigenvalue weighted by molar-refractivity contribution is -0.122. The first kappa shape index (κ1) is 11.0. The van der Waals surface area contributed by atoms with Crippen molar-refractivity contribution in [2.75, 3.05) is 7.11 Å². The third kappa shape index (κ3) is 2.47. The van der Waals surface area contributed by atoms with Crippen LogP contribution in [0.2, 0.25) is 0 Å². The Hall–Kier alpha value is -1.06. The number of amides is 1. The molecule has 0 heterocycles. The van der Waals surface area contributed by atoms with Gasteiger partial charge >= 0.3 is 6.09 Å². The third-order valence-corrected chi connectivity index (χ3v) is 2.57. The van der Waals surface area contributed by atoms with E-state index in [9.17, 15) is 9.59 Å². The molecule has 1 aliphatic carbocycles. The minimum Gasteiger partial charge on any atom is -0.453 e. The Balaban J connectivity index is 2.41. The van der Waals surface area contributed by atoms with Crippen LogP contribution in [0.1, 0.15) is 39.0 Å². The van der Waals surface area contributed by atoms with Gasteiger partial charge in [0.2, 0.25) is 0 Å². The summed E-state index contributed by atoms with van der Waals surface area (Å²) in [5, 5.41) is 2.62. The number of carbonyl (C=O) groups excluding carboxylic acids is 2. The molecule has 1 aliphatic rings. The topological polar surface area (TPSA) is 55.4 Å². The SMILES string of the molecule is CCCCC(=O)C1(NC(=O)OC)CC1. The Kier molecular flexibility index (Phi) is 3.49. The van der Waals surface area contributed by atoms with E-state index in [1.807, 2.05) is 6.92 Å². The summed E-state index contributed by atoms with van der Waals surface area (Å²) < 4.78 is 4.48. The van der Waals surface area contributed by atoms with E-state index < -0.39 is 11.6 Å². The Bertz CT molecular complexity index is 234. The zero-order valence-corrected chi connectivity index (χ0v) is 8.76. The van der Waals surface area contributed by atoms with Gasteiger partial charge in [-0.25, -0.2) is 4.79 Å². The monoisotopic (exact) mass is 199 g/mol. The molecule has 1 amide bonds. The molecule has 0 unspecified atom stereocenters. The number of rotatable bonds is 5. The van der Waals surface area contributed by atoms with Crippen molar-refractivity contribution in [2.45, 2.75) is 44.6 Å².